The Bertz CT molecular complexity index is 675. The number of hydrogen-bond donors (Lipinski definition) is 2. The largest absolute Gasteiger partial charge is 0.374 e. The Kier molecular flexibility index (Phi) is 6.36. The molecule has 2 heterocycles. The predicted molar refractivity (Wildman–Crippen MR) is 101 cm³/mol. The molecule has 1 atom stereocenters. The van der Waals surface area contributed by atoms with E-state index in [1.165, 1.54) is 23.3 Å². The minimum absolute atomic E-state index is 0.102. The smallest absolute Gasteiger partial charge is 0.234 e. The van der Waals surface area contributed by atoms with Gasteiger partial charge < -0.3 is 11.1 Å². The summed E-state index contributed by atoms with van der Waals surface area (Å²) in [6.07, 6.45) is 4.00. The fraction of sp³-hybridized carbons (Fsp3) is 0.500. The number of likely N-dealkylation sites (tertiary alicyclic amines) is 1. The van der Waals surface area contributed by atoms with Crippen molar-refractivity contribution in [1.29, 1.82) is 0 Å². The molecule has 25 heavy (non-hydrogen) atoms. The van der Waals surface area contributed by atoms with Gasteiger partial charge in [0.25, 0.3) is 0 Å². The van der Waals surface area contributed by atoms with Crippen molar-refractivity contribution in [3.8, 4) is 0 Å². The quantitative estimate of drug-likeness (QED) is 0.739. The number of rotatable bonds is 7. The van der Waals surface area contributed by atoms with Gasteiger partial charge in [-0.2, -0.15) is 0 Å². The third-order valence-corrected chi connectivity index (χ3v) is 5.33. The second kappa shape index (κ2) is 8.92. The topological polar surface area (TPSA) is 84.1 Å². The number of benzene rings is 1. The zero-order valence-corrected chi connectivity index (χ0v) is 15.2. The Hall–Kier alpha value is -1.99. The van der Waals surface area contributed by atoms with E-state index in [-0.39, 0.29) is 5.91 Å². The molecule has 0 saturated carbocycles. The van der Waals surface area contributed by atoms with Crippen LogP contribution >= 0.6 is 11.3 Å². The number of aryl methyl sites for hydroxylation is 1. The molecule has 134 valence electrons. The second-order valence-electron chi connectivity index (χ2n) is 6.47. The van der Waals surface area contributed by atoms with Crippen molar-refractivity contribution in [1.82, 2.24) is 20.4 Å². The molecule has 3 rings (SSSR count). The zero-order chi connectivity index (χ0) is 17.5. The summed E-state index contributed by atoms with van der Waals surface area (Å²) in [5, 5.41) is 12.2. The van der Waals surface area contributed by atoms with Gasteiger partial charge in [-0.25, -0.2) is 0 Å². The first kappa shape index (κ1) is 17.8. The number of amides is 1. The van der Waals surface area contributed by atoms with Gasteiger partial charge in [0.05, 0.1) is 6.54 Å². The molecule has 1 aliphatic rings. The number of piperidine rings is 1. The average molecular weight is 359 g/mol. The number of anilines is 1. The van der Waals surface area contributed by atoms with E-state index in [2.05, 4.69) is 44.7 Å². The molecule has 2 aromatic rings. The van der Waals surface area contributed by atoms with Gasteiger partial charge in [0.1, 0.15) is 5.01 Å². The van der Waals surface area contributed by atoms with Crippen LogP contribution in [-0.4, -0.2) is 47.2 Å². The molecule has 1 aromatic carbocycles. The van der Waals surface area contributed by atoms with Crippen LogP contribution < -0.4 is 11.1 Å². The molecule has 1 amide bonds. The highest BCUT2D eigenvalue weighted by Crippen LogP contribution is 2.26. The number of aromatic nitrogens is 2. The fourth-order valence-electron chi connectivity index (χ4n) is 3.29. The van der Waals surface area contributed by atoms with Crippen LogP contribution in [-0.2, 0) is 11.2 Å². The summed E-state index contributed by atoms with van der Waals surface area (Å²) >= 11 is 1.41. The maximum absolute atomic E-state index is 12.2. The Labute approximate surface area is 152 Å². The van der Waals surface area contributed by atoms with Crippen molar-refractivity contribution in [2.24, 2.45) is 0 Å². The molecule has 0 bridgehead atoms. The van der Waals surface area contributed by atoms with Crippen LogP contribution in [0.5, 0.6) is 0 Å². The van der Waals surface area contributed by atoms with E-state index in [4.69, 9.17) is 5.73 Å². The lowest BCUT2D eigenvalue weighted by molar-refractivity contribution is -0.122. The molecule has 1 aliphatic heterocycles. The van der Waals surface area contributed by atoms with Crippen LogP contribution in [0.1, 0.15) is 35.8 Å². The van der Waals surface area contributed by atoms with Gasteiger partial charge in [-0.15, -0.1) is 10.2 Å². The fourth-order valence-corrected chi connectivity index (χ4v) is 3.94. The SMILES string of the molecule is Nc1nnc(CCCNC(=O)CN2CCCC(c3ccccc3)C2)s1. The van der Waals surface area contributed by atoms with Crippen molar-refractivity contribution in [2.75, 3.05) is 31.9 Å². The van der Waals surface area contributed by atoms with Gasteiger partial charge in [0.2, 0.25) is 11.0 Å². The first-order chi connectivity index (χ1) is 12.2. The van der Waals surface area contributed by atoms with Crippen molar-refractivity contribution < 1.29 is 4.79 Å². The minimum atomic E-state index is 0.102. The molecule has 0 aliphatic carbocycles. The average Bonchev–Trinajstić information content (AvgIpc) is 3.05. The Morgan fingerprint density at radius 1 is 1.32 bits per heavy atom. The number of nitrogens with one attached hydrogen (secondary N) is 1. The lowest BCUT2D eigenvalue weighted by atomic mass is 9.91. The maximum Gasteiger partial charge on any atom is 0.234 e. The van der Waals surface area contributed by atoms with E-state index in [0.29, 0.717) is 24.1 Å². The molecule has 1 saturated heterocycles. The molecule has 3 N–H and O–H groups in total. The molecule has 1 fully saturated rings. The predicted octanol–water partition coefficient (Wildman–Crippen LogP) is 2.05. The summed E-state index contributed by atoms with van der Waals surface area (Å²) in [7, 11) is 0. The van der Waals surface area contributed by atoms with Crippen LogP contribution in [0.2, 0.25) is 0 Å². The number of hydrogen-bond acceptors (Lipinski definition) is 6. The van der Waals surface area contributed by atoms with Crippen molar-refractivity contribution in [3.63, 3.8) is 0 Å². The van der Waals surface area contributed by atoms with E-state index in [0.717, 1.165) is 37.4 Å². The molecule has 1 unspecified atom stereocenters. The number of nitrogen functional groups attached to an aromatic ring is 1. The van der Waals surface area contributed by atoms with E-state index in [1.807, 2.05) is 6.07 Å². The summed E-state index contributed by atoms with van der Waals surface area (Å²) in [4.78, 5) is 14.4. The maximum atomic E-state index is 12.2. The van der Waals surface area contributed by atoms with Crippen LogP contribution in [0.15, 0.2) is 30.3 Å². The van der Waals surface area contributed by atoms with E-state index >= 15 is 0 Å². The van der Waals surface area contributed by atoms with Crippen LogP contribution in [0, 0.1) is 0 Å². The molecule has 0 radical (unpaired) electrons. The van der Waals surface area contributed by atoms with E-state index < -0.39 is 0 Å². The van der Waals surface area contributed by atoms with Crippen LogP contribution in [0.4, 0.5) is 5.13 Å². The Balaban J connectivity index is 1.37. The highest BCUT2D eigenvalue weighted by Gasteiger charge is 2.22. The molecular weight excluding hydrogens is 334 g/mol. The highest BCUT2D eigenvalue weighted by atomic mass is 32.1. The number of carbonyl (C=O) groups excluding carboxylic acids is 1. The summed E-state index contributed by atoms with van der Waals surface area (Å²) in [5.74, 6) is 0.635. The summed E-state index contributed by atoms with van der Waals surface area (Å²) in [6.45, 7) is 3.10. The molecule has 7 heteroatoms. The minimum Gasteiger partial charge on any atom is -0.374 e. The molecular formula is C18H25N5OS. The van der Waals surface area contributed by atoms with Gasteiger partial charge in [-0.1, -0.05) is 41.7 Å². The summed E-state index contributed by atoms with van der Waals surface area (Å²) in [5.41, 5.74) is 6.94. The third kappa shape index (κ3) is 5.51. The van der Waals surface area contributed by atoms with E-state index in [1.54, 1.807) is 0 Å². The van der Waals surface area contributed by atoms with Gasteiger partial charge in [0.15, 0.2) is 0 Å². The van der Waals surface area contributed by atoms with Crippen molar-refractivity contribution in [3.05, 3.63) is 40.9 Å². The Morgan fingerprint density at radius 2 is 2.16 bits per heavy atom. The van der Waals surface area contributed by atoms with Gasteiger partial charge in [-0.05, 0) is 37.3 Å². The standard InChI is InChI=1S/C18H25N5OS/c19-18-22-21-17(25-18)9-4-10-20-16(24)13-23-11-5-8-15(12-23)14-6-2-1-3-7-14/h1-3,6-7,15H,4-5,8-13H2,(H2,19,22)(H,20,24). The monoisotopic (exact) mass is 359 g/mol. The van der Waals surface area contributed by atoms with Crippen molar-refractivity contribution >= 4 is 22.4 Å². The first-order valence-electron chi connectivity index (χ1n) is 8.82. The molecule has 6 nitrogen and oxygen atoms in total. The van der Waals surface area contributed by atoms with Gasteiger partial charge in [0, 0.05) is 19.5 Å². The third-order valence-electron chi connectivity index (χ3n) is 4.52. The lowest BCUT2D eigenvalue weighted by Gasteiger charge is -2.32. The number of nitrogens with two attached hydrogens (primary N) is 1. The van der Waals surface area contributed by atoms with Gasteiger partial charge in [-0.3, -0.25) is 9.69 Å². The van der Waals surface area contributed by atoms with Crippen LogP contribution in [0.25, 0.3) is 0 Å². The Morgan fingerprint density at radius 3 is 2.92 bits per heavy atom. The van der Waals surface area contributed by atoms with Crippen molar-refractivity contribution in [2.45, 2.75) is 31.6 Å². The highest BCUT2D eigenvalue weighted by molar-refractivity contribution is 7.15. The molecule has 1 aromatic heterocycles. The van der Waals surface area contributed by atoms with Gasteiger partial charge >= 0.3 is 0 Å². The lowest BCUT2D eigenvalue weighted by Crippen LogP contribution is -2.42. The number of nitrogens with zero attached hydrogens (tertiary/aromatic N) is 3. The first-order valence-corrected chi connectivity index (χ1v) is 9.64. The molecule has 0 spiro atoms. The van der Waals surface area contributed by atoms with E-state index in [9.17, 15) is 4.79 Å². The zero-order valence-electron chi connectivity index (χ0n) is 14.4. The normalized spacial score (nSPS) is 18.2. The summed E-state index contributed by atoms with van der Waals surface area (Å²) in [6, 6.07) is 10.6. The summed E-state index contributed by atoms with van der Waals surface area (Å²) < 4.78 is 0. The van der Waals surface area contributed by atoms with Crippen LogP contribution in [0.3, 0.4) is 0 Å². The number of carbonyl (C=O) groups is 1. The second-order valence-corrected chi connectivity index (χ2v) is 7.57.